The minimum atomic E-state index is 0. The summed E-state index contributed by atoms with van der Waals surface area (Å²) in [5, 5.41) is 3.47. The summed E-state index contributed by atoms with van der Waals surface area (Å²) in [5.74, 6) is 1.89. The molecule has 6 nitrogen and oxygen atoms in total. The van der Waals surface area contributed by atoms with Crippen LogP contribution >= 0.6 is 24.0 Å². The summed E-state index contributed by atoms with van der Waals surface area (Å²) in [6.07, 6.45) is 2.12. The zero-order chi connectivity index (χ0) is 19.9. The Morgan fingerprint density at radius 2 is 2.14 bits per heavy atom. The lowest BCUT2D eigenvalue weighted by Gasteiger charge is -2.32. The maximum atomic E-state index is 5.63. The minimum absolute atomic E-state index is 0. The molecule has 0 spiro atoms. The van der Waals surface area contributed by atoms with Gasteiger partial charge in [-0.25, -0.2) is 4.98 Å². The lowest BCUT2D eigenvalue weighted by atomic mass is 10.1. The predicted molar refractivity (Wildman–Crippen MR) is 130 cm³/mol. The number of ether oxygens (including phenoxy) is 1. The topological polar surface area (TPSA) is 53.0 Å². The van der Waals surface area contributed by atoms with E-state index in [1.807, 2.05) is 13.2 Å². The molecule has 0 aliphatic carbocycles. The van der Waals surface area contributed by atoms with E-state index in [2.05, 4.69) is 82.4 Å². The molecule has 7 heteroatoms. The van der Waals surface area contributed by atoms with Crippen molar-refractivity contribution < 1.29 is 4.74 Å². The van der Waals surface area contributed by atoms with Crippen LogP contribution in [0.1, 0.15) is 23.6 Å². The average molecular weight is 509 g/mol. The Kier molecular flexibility index (Phi) is 9.16. The normalized spacial score (nSPS) is 16.9. The number of benzene rings is 1. The highest BCUT2D eigenvalue weighted by atomic mass is 127. The Balaban J connectivity index is 0.00000300. The lowest BCUT2D eigenvalue weighted by molar-refractivity contribution is 0.0529. The standard InChI is InChI=1S/C22H31N5O.HI/c1-17-7-5-6-8-20(17)16-26(4)22(23-3)25-14-19-9-10-24-21(13-19)27-11-12-28-18(2)15-27;/h5-10,13,18H,11-12,14-16H2,1-4H3,(H,23,25);1H. The fraction of sp³-hybridized carbons (Fsp3) is 0.455. The molecular weight excluding hydrogens is 477 g/mol. The second-order valence-electron chi connectivity index (χ2n) is 7.33. The Morgan fingerprint density at radius 1 is 1.34 bits per heavy atom. The summed E-state index contributed by atoms with van der Waals surface area (Å²) in [4.78, 5) is 13.4. The van der Waals surface area contributed by atoms with Gasteiger partial charge in [-0.15, -0.1) is 24.0 Å². The van der Waals surface area contributed by atoms with Gasteiger partial charge in [0, 0.05) is 46.5 Å². The van der Waals surface area contributed by atoms with Crippen molar-refractivity contribution in [3.8, 4) is 0 Å². The lowest BCUT2D eigenvalue weighted by Crippen LogP contribution is -2.41. The van der Waals surface area contributed by atoms with Gasteiger partial charge in [0.15, 0.2) is 5.96 Å². The van der Waals surface area contributed by atoms with Crippen LogP contribution in [0.2, 0.25) is 0 Å². The van der Waals surface area contributed by atoms with Crippen molar-refractivity contribution in [2.24, 2.45) is 4.99 Å². The van der Waals surface area contributed by atoms with E-state index in [9.17, 15) is 0 Å². The first-order chi connectivity index (χ1) is 13.6. The van der Waals surface area contributed by atoms with Crippen LogP contribution in [-0.2, 0) is 17.8 Å². The number of aromatic nitrogens is 1. The van der Waals surface area contributed by atoms with Crippen LogP contribution in [0, 0.1) is 6.92 Å². The highest BCUT2D eigenvalue weighted by molar-refractivity contribution is 14.0. The monoisotopic (exact) mass is 509 g/mol. The highest BCUT2D eigenvalue weighted by Crippen LogP contribution is 2.16. The van der Waals surface area contributed by atoms with Gasteiger partial charge in [-0.3, -0.25) is 4.99 Å². The second-order valence-corrected chi connectivity index (χ2v) is 7.33. The maximum Gasteiger partial charge on any atom is 0.193 e. The zero-order valence-electron chi connectivity index (χ0n) is 17.8. The molecule has 2 heterocycles. The largest absolute Gasteiger partial charge is 0.375 e. The summed E-state index contributed by atoms with van der Waals surface area (Å²) in [6.45, 7) is 8.29. The number of pyridine rings is 1. The van der Waals surface area contributed by atoms with E-state index in [-0.39, 0.29) is 30.1 Å². The van der Waals surface area contributed by atoms with E-state index in [4.69, 9.17) is 4.74 Å². The number of nitrogens with zero attached hydrogens (tertiary/aromatic N) is 4. The second kappa shape index (κ2) is 11.3. The Hall–Kier alpha value is -1.87. The van der Waals surface area contributed by atoms with E-state index in [0.717, 1.165) is 38.0 Å². The first-order valence-electron chi connectivity index (χ1n) is 9.84. The summed E-state index contributed by atoms with van der Waals surface area (Å²) in [7, 11) is 3.89. The van der Waals surface area contributed by atoms with Gasteiger partial charge in [0.2, 0.25) is 0 Å². The summed E-state index contributed by atoms with van der Waals surface area (Å²) < 4.78 is 5.63. The van der Waals surface area contributed by atoms with Crippen LogP contribution in [0.5, 0.6) is 0 Å². The van der Waals surface area contributed by atoms with Crippen molar-refractivity contribution in [1.82, 2.24) is 15.2 Å². The number of hydrogen-bond acceptors (Lipinski definition) is 4. The molecule has 1 unspecified atom stereocenters. The fourth-order valence-electron chi connectivity index (χ4n) is 3.45. The summed E-state index contributed by atoms with van der Waals surface area (Å²) >= 11 is 0. The Labute approximate surface area is 191 Å². The molecule has 0 amide bonds. The van der Waals surface area contributed by atoms with Crippen molar-refractivity contribution in [3.05, 3.63) is 59.3 Å². The molecule has 1 atom stereocenters. The van der Waals surface area contributed by atoms with Gasteiger partial charge < -0.3 is 19.9 Å². The van der Waals surface area contributed by atoms with Crippen LogP contribution in [-0.4, -0.2) is 55.7 Å². The number of halogens is 1. The molecule has 0 saturated carbocycles. The third-order valence-corrected chi connectivity index (χ3v) is 5.07. The molecule has 0 radical (unpaired) electrons. The maximum absolute atomic E-state index is 5.63. The summed E-state index contributed by atoms with van der Waals surface area (Å²) in [6, 6.07) is 12.7. The number of aliphatic imine (C=N–C) groups is 1. The van der Waals surface area contributed by atoms with Crippen molar-refractivity contribution in [2.75, 3.05) is 38.7 Å². The molecule has 1 saturated heterocycles. The molecule has 1 fully saturated rings. The quantitative estimate of drug-likeness (QED) is 0.380. The Bertz CT molecular complexity index is 813. The predicted octanol–water partition coefficient (Wildman–Crippen LogP) is 3.44. The number of hydrogen-bond donors (Lipinski definition) is 1. The van der Waals surface area contributed by atoms with Gasteiger partial charge in [0.1, 0.15) is 5.82 Å². The zero-order valence-corrected chi connectivity index (χ0v) is 20.1. The third kappa shape index (κ3) is 6.57. The number of nitrogens with one attached hydrogen (secondary N) is 1. The van der Waals surface area contributed by atoms with Crippen molar-refractivity contribution in [3.63, 3.8) is 0 Å². The molecular formula is C22H32IN5O. The first-order valence-corrected chi connectivity index (χ1v) is 9.84. The van der Waals surface area contributed by atoms with Crippen LogP contribution < -0.4 is 10.2 Å². The van der Waals surface area contributed by atoms with E-state index < -0.39 is 0 Å². The molecule has 2 aromatic rings. The van der Waals surface area contributed by atoms with Crippen LogP contribution in [0.25, 0.3) is 0 Å². The highest BCUT2D eigenvalue weighted by Gasteiger charge is 2.18. The number of rotatable bonds is 5. The van der Waals surface area contributed by atoms with E-state index >= 15 is 0 Å². The van der Waals surface area contributed by atoms with Crippen LogP contribution in [0.4, 0.5) is 5.82 Å². The van der Waals surface area contributed by atoms with Gasteiger partial charge in [-0.05, 0) is 42.7 Å². The molecule has 1 aliphatic heterocycles. The van der Waals surface area contributed by atoms with Gasteiger partial charge in [-0.2, -0.15) is 0 Å². The number of guanidine groups is 1. The molecule has 29 heavy (non-hydrogen) atoms. The third-order valence-electron chi connectivity index (χ3n) is 5.07. The van der Waals surface area contributed by atoms with E-state index in [1.54, 1.807) is 0 Å². The van der Waals surface area contributed by atoms with Gasteiger partial charge in [0.05, 0.1) is 12.7 Å². The van der Waals surface area contributed by atoms with E-state index in [0.29, 0.717) is 6.54 Å². The van der Waals surface area contributed by atoms with Gasteiger partial charge in [-0.1, -0.05) is 24.3 Å². The molecule has 1 aromatic heterocycles. The van der Waals surface area contributed by atoms with Crippen LogP contribution in [0.3, 0.4) is 0 Å². The van der Waals surface area contributed by atoms with Gasteiger partial charge in [0.25, 0.3) is 0 Å². The molecule has 1 aliphatic rings. The smallest absolute Gasteiger partial charge is 0.193 e. The van der Waals surface area contributed by atoms with Crippen molar-refractivity contribution in [2.45, 2.75) is 33.0 Å². The molecule has 1 aromatic carbocycles. The fourth-order valence-corrected chi connectivity index (χ4v) is 3.45. The Morgan fingerprint density at radius 3 is 2.86 bits per heavy atom. The van der Waals surface area contributed by atoms with Crippen LogP contribution in [0.15, 0.2) is 47.6 Å². The minimum Gasteiger partial charge on any atom is -0.375 e. The number of morpholine rings is 1. The van der Waals surface area contributed by atoms with Crippen molar-refractivity contribution >= 4 is 35.8 Å². The molecule has 3 rings (SSSR count). The molecule has 158 valence electrons. The van der Waals surface area contributed by atoms with Gasteiger partial charge >= 0.3 is 0 Å². The average Bonchev–Trinajstić information content (AvgIpc) is 2.70. The number of aryl methyl sites for hydroxylation is 1. The molecule has 1 N–H and O–H groups in total. The summed E-state index contributed by atoms with van der Waals surface area (Å²) in [5.41, 5.74) is 3.79. The first kappa shape index (κ1) is 23.4. The van der Waals surface area contributed by atoms with E-state index in [1.165, 1.54) is 16.7 Å². The van der Waals surface area contributed by atoms with Crippen molar-refractivity contribution in [1.29, 1.82) is 0 Å². The number of anilines is 1. The molecule has 0 bridgehead atoms. The SMILES string of the molecule is CN=C(NCc1ccnc(N2CCOC(C)C2)c1)N(C)Cc1ccccc1C.I.